The maximum Gasteiger partial charge on any atom is 0.323 e. The van der Waals surface area contributed by atoms with Gasteiger partial charge in [-0.3, -0.25) is 14.4 Å². The molecule has 0 fully saturated rings. The van der Waals surface area contributed by atoms with Crippen molar-refractivity contribution in [3.63, 3.8) is 0 Å². The van der Waals surface area contributed by atoms with Crippen molar-refractivity contribution >= 4 is 17.8 Å². The van der Waals surface area contributed by atoms with Crippen LogP contribution in [0.4, 0.5) is 0 Å². The summed E-state index contributed by atoms with van der Waals surface area (Å²) >= 11 is 0. The molecular weight excluding hydrogens is 344 g/mol. The van der Waals surface area contributed by atoms with Gasteiger partial charge in [-0.2, -0.15) is 0 Å². The Morgan fingerprint density at radius 3 is 1.74 bits per heavy atom. The van der Waals surface area contributed by atoms with E-state index >= 15 is 0 Å². The van der Waals surface area contributed by atoms with Gasteiger partial charge in [0.05, 0.1) is 0 Å². The average Bonchev–Trinajstić information content (AvgIpc) is 2.65. The number of carboxylic acid groups (broad SMARTS) is 1. The average molecular weight is 368 g/mol. The first-order valence-electron chi connectivity index (χ1n) is 8.78. The SMILES string of the molecule is CC(=O)N(CCC(=O)N(CC(=O)O)Cc1ccccc1)Cc1ccccc1. The minimum absolute atomic E-state index is 0.0759. The van der Waals surface area contributed by atoms with Crippen LogP contribution in [0.5, 0.6) is 0 Å². The van der Waals surface area contributed by atoms with Crippen molar-refractivity contribution in [2.75, 3.05) is 13.1 Å². The first-order chi connectivity index (χ1) is 13.0. The maximum absolute atomic E-state index is 12.6. The monoisotopic (exact) mass is 368 g/mol. The molecule has 2 amide bonds. The Bertz CT molecular complexity index is 762. The molecule has 0 saturated carbocycles. The smallest absolute Gasteiger partial charge is 0.323 e. The van der Waals surface area contributed by atoms with Crippen molar-refractivity contribution < 1.29 is 19.5 Å². The molecule has 2 rings (SSSR count). The summed E-state index contributed by atoms with van der Waals surface area (Å²) in [5.41, 5.74) is 1.84. The molecule has 2 aromatic rings. The van der Waals surface area contributed by atoms with Crippen LogP contribution in [0.2, 0.25) is 0 Å². The van der Waals surface area contributed by atoms with Crippen molar-refractivity contribution in [3.05, 3.63) is 71.8 Å². The highest BCUT2D eigenvalue weighted by atomic mass is 16.4. The molecule has 0 radical (unpaired) electrons. The second-order valence-corrected chi connectivity index (χ2v) is 6.31. The zero-order valence-electron chi connectivity index (χ0n) is 15.4. The first kappa shape index (κ1) is 20.2. The van der Waals surface area contributed by atoms with Crippen LogP contribution in [-0.2, 0) is 27.5 Å². The molecule has 0 saturated heterocycles. The highest BCUT2D eigenvalue weighted by Crippen LogP contribution is 2.09. The standard InChI is InChI=1S/C21H24N2O4/c1-17(24)22(14-18-8-4-2-5-9-18)13-12-20(25)23(16-21(26)27)15-19-10-6-3-7-11-19/h2-11H,12-16H2,1H3,(H,26,27). The van der Waals surface area contributed by atoms with Gasteiger partial charge in [-0.15, -0.1) is 0 Å². The summed E-state index contributed by atoms with van der Waals surface area (Å²) in [5, 5.41) is 9.11. The summed E-state index contributed by atoms with van der Waals surface area (Å²) in [6.45, 7) is 1.98. The minimum Gasteiger partial charge on any atom is -0.480 e. The van der Waals surface area contributed by atoms with Crippen LogP contribution in [0, 0.1) is 0 Å². The molecule has 142 valence electrons. The van der Waals surface area contributed by atoms with Crippen molar-refractivity contribution in [2.24, 2.45) is 0 Å². The number of hydrogen-bond donors (Lipinski definition) is 1. The van der Waals surface area contributed by atoms with E-state index in [2.05, 4.69) is 0 Å². The highest BCUT2D eigenvalue weighted by molar-refractivity contribution is 5.82. The van der Waals surface area contributed by atoms with Crippen LogP contribution >= 0.6 is 0 Å². The zero-order chi connectivity index (χ0) is 19.6. The number of aliphatic carboxylic acids is 1. The minimum atomic E-state index is -1.06. The quantitative estimate of drug-likeness (QED) is 0.738. The van der Waals surface area contributed by atoms with Crippen LogP contribution in [-0.4, -0.2) is 45.8 Å². The lowest BCUT2D eigenvalue weighted by Gasteiger charge is -2.24. The molecular formula is C21H24N2O4. The van der Waals surface area contributed by atoms with Crippen molar-refractivity contribution in [3.8, 4) is 0 Å². The molecule has 6 nitrogen and oxygen atoms in total. The van der Waals surface area contributed by atoms with Gasteiger partial charge in [0, 0.05) is 33.0 Å². The molecule has 0 spiro atoms. The van der Waals surface area contributed by atoms with Crippen molar-refractivity contribution in [1.29, 1.82) is 0 Å². The van der Waals surface area contributed by atoms with Gasteiger partial charge in [-0.25, -0.2) is 0 Å². The number of benzene rings is 2. The molecule has 2 aromatic carbocycles. The summed E-state index contributed by atoms with van der Waals surface area (Å²) in [6, 6.07) is 18.8. The molecule has 0 aromatic heterocycles. The third-order valence-corrected chi connectivity index (χ3v) is 4.15. The number of amides is 2. The van der Waals surface area contributed by atoms with Crippen molar-refractivity contribution in [1.82, 2.24) is 9.80 Å². The van der Waals surface area contributed by atoms with Crippen LogP contribution in [0.15, 0.2) is 60.7 Å². The Kier molecular flexibility index (Phi) is 7.55. The van der Waals surface area contributed by atoms with E-state index in [1.807, 2.05) is 60.7 Å². The van der Waals surface area contributed by atoms with E-state index in [0.717, 1.165) is 11.1 Å². The normalized spacial score (nSPS) is 10.3. The lowest BCUT2D eigenvalue weighted by Crippen LogP contribution is -2.38. The maximum atomic E-state index is 12.6. The van der Waals surface area contributed by atoms with Gasteiger partial charge in [0.15, 0.2) is 0 Å². The fourth-order valence-corrected chi connectivity index (χ4v) is 2.74. The molecule has 0 aliphatic carbocycles. The summed E-state index contributed by atoms with van der Waals surface area (Å²) < 4.78 is 0. The van der Waals surface area contributed by atoms with E-state index < -0.39 is 5.97 Å². The van der Waals surface area contributed by atoms with Gasteiger partial charge in [0.2, 0.25) is 11.8 Å². The third-order valence-electron chi connectivity index (χ3n) is 4.15. The second kappa shape index (κ2) is 10.1. The molecule has 0 atom stereocenters. The molecule has 0 aliphatic rings. The number of carbonyl (C=O) groups is 3. The third kappa shape index (κ3) is 6.93. The fourth-order valence-electron chi connectivity index (χ4n) is 2.74. The van der Waals surface area contributed by atoms with E-state index in [0.29, 0.717) is 6.54 Å². The van der Waals surface area contributed by atoms with Gasteiger partial charge < -0.3 is 14.9 Å². The Balaban J connectivity index is 1.99. The summed E-state index contributed by atoms with van der Waals surface area (Å²) in [4.78, 5) is 38.5. The zero-order valence-corrected chi connectivity index (χ0v) is 15.4. The van der Waals surface area contributed by atoms with Crippen LogP contribution in [0.1, 0.15) is 24.5 Å². The van der Waals surface area contributed by atoms with Crippen LogP contribution in [0.25, 0.3) is 0 Å². The summed E-state index contributed by atoms with van der Waals surface area (Å²) in [6.07, 6.45) is 0.0759. The van der Waals surface area contributed by atoms with Gasteiger partial charge >= 0.3 is 5.97 Å². The Morgan fingerprint density at radius 2 is 1.30 bits per heavy atom. The Labute approximate surface area is 159 Å². The van der Waals surface area contributed by atoms with Crippen LogP contribution in [0.3, 0.4) is 0 Å². The van der Waals surface area contributed by atoms with E-state index in [4.69, 9.17) is 5.11 Å². The van der Waals surface area contributed by atoms with E-state index in [1.165, 1.54) is 11.8 Å². The highest BCUT2D eigenvalue weighted by Gasteiger charge is 2.19. The second-order valence-electron chi connectivity index (χ2n) is 6.31. The van der Waals surface area contributed by atoms with Gasteiger partial charge in [0.1, 0.15) is 6.54 Å². The molecule has 6 heteroatoms. The molecule has 1 N–H and O–H groups in total. The fraction of sp³-hybridized carbons (Fsp3) is 0.286. The van der Waals surface area contributed by atoms with E-state index in [-0.39, 0.29) is 37.9 Å². The molecule has 0 aliphatic heterocycles. The molecule has 0 unspecified atom stereocenters. The number of hydrogen-bond acceptors (Lipinski definition) is 3. The Hall–Kier alpha value is -3.15. The predicted octanol–water partition coefficient (Wildman–Crippen LogP) is 2.54. The number of nitrogens with zero attached hydrogens (tertiary/aromatic N) is 2. The van der Waals surface area contributed by atoms with E-state index in [1.54, 1.807) is 4.90 Å². The predicted molar refractivity (Wildman–Crippen MR) is 102 cm³/mol. The number of rotatable bonds is 9. The summed E-state index contributed by atoms with van der Waals surface area (Å²) in [7, 11) is 0. The number of carbonyl (C=O) groups excluding carboxylic acids is 2. The molecule has 0 bridgehead atoms. The summed E-state index contributed by atoms with van der Waals surface area (Å²) in [5.74, 6) is -1.48. The lowest BCUT2D eigenvalue weighted by molar-refractivity contribution is -0.145. The van der Waals surface area contributed by atoms with Gasteiger partial charge in [-0.05, 0) is 11.1 Å². The number of carboxylic acids is 1. The molecule has 27 heavy (non-hydrogen) atoms. The largest absolute Gasteiger partial charge is 0.480 e. The van der Waals surface area contributed by atoms with Crippen LogP contribution < -0.4 is 0 Å². The van der Waals surface area contributed by atoms with E-state index in [9.17, 15) is 14.4 Å². The van der Waals surface area contributed by atoms with Crippen molar-refractivity contribution in [2.45, 2.75) is 26.4 Å². The van der Waals surface area contributed by atoms with Gasteiger partial charge in [-0.1, -0.05) is 60.7 Å². The molecule has 0 heterocycles. The lowest BCUT2D eigenvalue weighted by atomic mass is 10.2. The Morgan fingerprint density at radius 1 is 0.815 bits per heavy atom. The first-order valence-corrected chi connectivity index (χ1v) is 8.78. The van der Waals surface area contributed by atoms with Gasteiger partial charge in [0.25, 0.3) is 0 Å². The topological polar surface area (TPSA) is 77.9 Å².